The van der Waals surface area contributed by atoms with Crippen molar-refractivity contribution >= 4 is 5.97 Å². The third-order valence-corrected chi connectivity index (χ3v) is 4.00. The Morgan fingerprint density at radius 2 is 1.94 bits per heavy atom. The Morgan fingerprint density at radius 1 is 1.39 bits per heavy atom. The lowest BCUT2D eigenvalue weighted by Crippen LogP contribution is -2.43. The molecule has 0 aliphatic heterocycles. The van der Waals surface area contributed by atoms with Crippen LogP contribution in [0.5, 0.6) is 0 Å². The number of hydrogen-bond donors (Lipinski definition) is 1. The second kappa shape index (κ2) is 4.03. The van der Waals surface area contributed by atoms with E-state index in [1.54, 1.807) is 18.7 Å². The Labute approximate surface area is 104 Å². The highest BCUT2D eigenvalue weighted by Gasteiger charge is 2.50. The van der Waals surface area contributed by atoms with Gasteiger partial charge in [-0.2, -0.15) is 5.10 Å². The molecule has 4 nitrogen and oxygen atoms in total. The van der Waals surface area contributed by atoms with Crippen LogP contribution in [0.25, 0.3) is 0 Å². The Kier molecular flexibility index (Phi) is 2.91. The Morgan fingerprint density at radius 3 is 2.33 bits per heavy atom. The molecule has 0 bridgehead atoms. The van der Waals surface area contributed by atoms with Crippen LogP contribution >= 0.6 is 0 Å². The number of aryl methyl sites for hydroxylation is 1. The van der Waals surface area contributed by atoms with Gasteiger partial charge in [-0.1, -0.05) is 0 Å². The molecular formula is C12H16F2N2O2. The van der Waals surface area contributed by atoms with Crippen LogP contribution in [-0.2, 0) is 17.3 Å². The van der Waals surface area contributed by atoms with Crippen molar-refractivity contribution < 1.29 is 18.7 Å². The van der Waals surface area contributed by atoms with Crippen molar-refractivity contribution in [1.82, 2.24) is 9.78 Å². The van der Waals surface area contributed by atoms with Crippen molar-refractivity contribution in [2.24, 2.45) is 7.05 Å². The van der Waals surface area contributed by atoms with E-state index in [0.29, 0.717) is 5.56 Å². The second-order valence-corrected chi connectivity index (χ2v) is 5.01. The van der Waals surface area contributed by atoms with Gasteiger partial charge in [-0.25, -0.2) is 8.78 Å². The summed E-state index contributed by atoms with van der Waals surface area (Å²) in [7, 11) is 1.71. The number of aromatic nitrogens is 2. The summed E-state index contributed by atoms with van der Waals surface area (Å²) in [6.07, 6.45) is 0.651. The number of rotatable bonds is 2. The van der Waals surface area contributed by atoms with E-state index in [2.05, 4.69) is 5.10 Å². The largest absolute Gasteiger partial charge is 0.481 e. The first-order valence-corrected chi connectivity index (χ1v) is 5.89. The SMILES string of the molecule is Cc1c(C2(C(=O)O)CCC(F)(F)CC2)cnn1C. The molecule has 1 aliphatic rings. The van der Waals surface area contributed by atoms with Crippen LogP contribution in [0.15, 0.2) is 6.20 Å². The second-order valence-electron chi connectivity index (χ2n) is 5.01. The molecular weight excluding hydrogens is 242 g/mol. The number of nitrogens with zero attached hydrogens (tertiary/aromatic N) is 2. The maximum atomic E-state index is 13.2. The smallest absolute Gasteiger partial charge is 0.314 e. The van der Waals surface area contributed by atoms with E-state index in [-0.39, 0.29) is 25.7 Å². The molecule has 6 heteroatoms. The minimum atomic E-state index is -2.74. The number of hydrogen-bond acceptors (Lipinski definition) is 2. The normalized spacial score (nSPS) is 21.8. The predicted octanol–water partition coefficient (Wildman–Crippen LogP) is 2.26. The van der Waals surface area contributed by atoms with Crippen LogP contribution in [0.3, 0.4) is 0 Å². The summed E-state index contributed by atoms with van der Waals surface area (Å²) in [6.45, 7) is 1.76. The quantitative estimate of drug-likeness (QED) is 0.885. The molecule has 0 radical (unpaired) electrons. The molecule has 1 aliphatic carbocycles. The number of carboxylic acids is 1. The van der Waals surface area contributed by atoms with Crippen LogP contribution < -0.4 is 0 Å². The van der Waals surface area contributed by atoms with Gasteiger partial charge in [0.2, 0.25) is 5.92 Å². The van der Waals surface area contributed by atoms with E-state index < -0.39 is 17.3 Å². The maximum Gasteiger partial charge on any atom is 0.314 e. The number of aliphatic carboxylic acids is 1. The summed E-state index contributed by atoms with van der Waals surface area (Å²) in [5, 5.41) is 13.5. The molecule has 0 atom stereocenters. The van der Waals surface area contributed by atoms with Crippen LogP contribution in [-0.4, -0.2) is 26.8 Å². The van der Waals surface area contributed by atoms with Gasteiger partial charge in [-0.05, 0) is 19.8 Å². The zero-order valence-corrected chi connectivity index (χ0v) is 10.4. The van der Waals surface area contributed by atoms with E-state index in [0.717, 1.165) is 5.69 Å². The van der Waals surface area contributed by atoms with Crippen molar-refractivity contribution in [1.29, 1.82) is 0 Å². The van der Waals surface area contributed by atoms with Crippen molar-refractivity contribution in [3.8, 4) is 0 Å². The Balaban J connectivity index is 2.41. The first-order chi connectivity index (χ1) is 8.28. The highest BCUT2D eigenvalue weighted by Crippen LogP contribution is 2.46. The van der Waals surface area contributed by atoms with E-state index >= 15 is 0 Å². The summed E-state index contributed by atoms with van der Waals surface area (Å²) < 4.78 is 28.0. The molecule has 18 heavy (non-hydrogen) atoms. The number of carboxylic acid groups (broad SMARTS) is 1. The van der Waals surface area contributed by atoms with Gasteiger partial charge < -0.3 is 5.11 Å². The minimum Gasteiger partial charge on any atom is -0.481 e. The average Bonchev–Trinajstić information content (AvgIpc) is 2.61. The first-order valence-electron chi connectivity index (χ1n) is 5.89. The molecule has 0 aromatic carbocycles. The predicted molar refractivity (Wildman–Crippen MR) is 60.7 cm³/mol. The molecule has 1 heterocycles. The monoisotopic (exact) mass is 258 g/mol. The van der Waals surface area contributed by atoms with Crippen LogP contribution in [0, 0.1) is 6.92 Å². The maximum absolute atomic E-state index is 13.2. The van der Waals surface area contributed by atoms with E-state index in [1.165, 1.54) is 6.20 Å². The van der Waals surface area contributed by atoms with E-state index in [9.17, 15) is 18.7 Å². The van der Waals surface area contributed by atoms with E-state index in [4.69, 9.17) is 0 Å². The summed E-state index contributed by atoms with van der Waals surface area (Å²) in [6, 6.07) is 0. The molecule has 0 saturated heterocycles. The molecule has 1 aromatic rings. The van der Waals surface area contributed by atoms with Crippen molar-refractivity contribution in [3.63, 3.8) is 0 Å². The van der Waals surface area contributed by atoms with Crippen molar-refractivity contribution in [2.45, 2.75) is 43.9 Å². The van der Waals surface area contributed by atoms with Crippen LogP contribution in [0.1, 0.15) is 36.9 Å². The lowest BCUT2D eigenvalue weighted by Gasteiger charge is -2.36. The van der Waals surface area contributed by atoms with Gasteiger partial charge in [0.15, 0.2) is 0 Å². The number of carbonyl (C=O) groups is 1. The highest BCUT2D eigenvalue weighted by atomic mass is 19.3. The third kappa shape index (κ3) is 1.89. The number of halogens is 2. The fourth-order valence-corrected chi connectivity index (χ4v) is 2.61. The van der Waals surface area contributed by atoms with Gasteiger partial charge in [0.1, 0.15) is 0 Å². The minimum absolute atomic E-state index is 0.0398. The first kappa shape index (κ1) is 13.0. The van der Waals surface area contributed by atoms with E-state index in [1.807, 2.05) is 0 Å². The summed E-state index contributed by atoms with van der Waals surface area (Å²) >= 11 is 0. The summed E-state index contributed by atoms with van der Waals surface area (Å²) in [5.74, 6) is -3.77. The zero-order valence-electron chi connectivity index (χ0n) is 10.4. The fraction of sp³-hybridized carbons (Fsp3) is 0.667. The summed E-state index contributed by atoms with van der Waals surface area (Å²) in [5.41, 5.74) is 0.0793. The van der Waals surface area contributed by atoms with Gasteiger partial charge in [0.25, 0.3) is 0 Å². The zero-order chi connectivity index (χ0) is 13.6. The van der Waals surface area contributed by atoms with Gasteiger partial charge in [0.05, 0.1) is 11.6 Å². The molecule has 100 valence electrons. The Bertz CT molecular complexity index is 472. The Hall–Kier alpha value is -1.46. The van der Waals surface area contributed by atoms with Gasteiger partial charge in [-0.15, -0.1) is 0 Å². The molecule has 1 N–H and O–H groups in total. The molecule has 2 rings (SSSR count). The summed E-state index contributed by atoms with van der Waals surface area (Å²) in [4.78, 5) is 11.6. The highest BCUT2D eigenvalue weighted by molar-refractivity contribution is 5.81. The van der Waals surface area contributed by atoms with Crippen LogP contribution in [0.4, 0.5) is 8.78 Å². The third-order valence-electron chi connectivity index (χ3n) is 4.00. The van der Waals surface area contributed by atoms with Gasteiger partial charge >= 0.3 is 5.97 Å². The van der Waals surface area contributed by atoms with Crippen molar-refractivity contribution in [3.05, 3.63) is 17.5 Å². The average molecular weight is 258 g/mol. The molecule has 0 amide bonds. The molecule has 1 saturated carbocycles. The number of alkyl halides is 2. The topological polar surface area (TPSA) is 55.1 Å². The van der Waals surface area contributed by atoms with Gasteiger partial charge in [0, 0.05) is 31.1 Å². The standard InChI is InChI=1S/C12H16F2N2O2/c1-8-9(7-15-16(8)2)11(10(17)18)3-5-12(13,14)6-4-11/h7H,3-6H2,1-2H3,(H,17,18). The molecule has 1 fully saturated rings. The molecule has 0 spiro atoms. The van der Waals surface area contributed by atoms with Crippen molar-refractivity contribution in [2.75, 3.05) is 0 Å². The fourth-order valence-electron chi connectivity index (χ4n) is 2.61. The lowest BCUT2D eigenvalue weighted by atomic mass is 9.68. The lowest BCUT2D eigenvalue weighted by molar-refractivity contribution is -0.149. The van der Waals surface area contributed by atoms with Crippen LogP contribution in [0.2, 0.25) is 0 Å². The molecule has 0 unspecified atom stereocenters. The molecule has 1 aromatic heterocycles. The van der Waals surface area contributed by atoms with Gasteiger partial charge in [-0.3, -0.25) is 9.48 Å².